The summed E-state index contributed by atoms with van der Waals surface area (Å²) in [5.74, 6) is -0.420. The van der Waals surface area contributed by atoms with Gasteiger partial charge in [0.2, 0.25) is 5.13 Å². The molecule has 0 radical (unpaired) electrons. The Kier molecular flexibility index (Phi) is 4.82. The van der Waals surface area contributed by atoms with Crippen LogP contribution in [-0.2, 0) is 16.4 Å². The van der Waals surface area contributed by atoms with Crippen molar-refractivity contribution in [1.82, 2.24) is 10.2 Å². The van der Waals surface area contributed by atoms with Crippen LogP contribution in [0.2, 0.25) is 5.02 Å². The fraction of sp³-hybridized carbons (Fsp3) is 0.167. The molecule has 0 spiro atoms. The van der Waals surface area contributed by atoms with Crippen LogP contribution in [0.5, 0.6) is 0 Å². The zero-order valence-corrected chi connectivity index (χ0v) is 17.1. The van der Waals surface area contributed by atoms with Crippen molar-refractivity contribution in [2.75, 3.05) is 9.62 Å². The van der Waals surface area contributed by atoms with Gasteiger partial charge < -0.3 is 0 Å². The van der Waals surface area contributed by atoms with Gasteiger partial charge in [0.15, 0.2) is 0 Å². The fourth-order valence-electron chi connectivity index (χ4n) is 3.12. The Morgan fingerprint density at radius 1 is 1.18 bits per heavy atom. The highest BCUT2D eigenvalue weighted by Gasteiger charge is 2.38. The first-order valence-electron chi connectivity index (χ1n) is 8.39. The normalized spacial score (nSPS) is 16.1. The number of rotatable bonds is 4. The first kappa shape index (κ1) is 18.9. The Labute approximate surface area is 171 Å². The van der Waals surface area contributed by atoms with E-state index in [9.17, 15) is 13.2 Å². The smallest absolute Gasteiger partial charge is 0.293 e. The van der Waals surface area contributed by atoms with Crippen LogP contribution in [0.1, 0.15) is 22.8 Å². The molecule has 1 aliphatic heterocycles. The van der Waals surface area contributed by atoms with Crippen molar-refractivity contribution in [1.29, 1.82) is 0 Å². The molecule has 0 aliphatic carbocycles. The third kappa shape index (κ3) is 3.36. The van der Waals surface area contributed by atoms with Gasteiger partial charge in [-0.05, 0) is 49.2 Å². The van der Waals surface area contributed by atoms with Gasteiger partial charge >= 0.3 is 0 Å². The van der Waals surface area contributed by atoms with Gasteiger partial charge in [-0.25, -0.2) is 0 Å². The molecule has 1 atom stereocenters. The van der Waals surface area contributed by atoms with Crippen molar-refractivity contribution in [3.05, 3.63) is 64.7 Å². The number of sulfonamides is 1. The SMILES string of the molecule is C[C@H]1Cc2ccccc2N1S(=O)(=O)c1nnc(NC(=O)c2ccc(Cl)cc2)s1. The number of anilines is 2. The van der Waals surface area contributed by atoms with Gasteiger partial charge in [0.25, 0.3) is 20.3 Å². The summed E-state index contributed by atoms with van der Waals surface area (Å²) in [6.07, 6.45) is 0.633. The van der Waals surface area contributed by atoms with E-state index >= 15 is 0 Å². The van der Waals surface area contributed by atoms with E-state index in [4.69, 9.17) is 11.6 Å². The Bertz CT molecular complexity index is 1150. The zero-order valence-electron chi connectivity index (χ0n) is 14.7. The van der Waals surface area contributed by atoms with Crippen LogP contribution in [0.4, 0.5) is 10.8 Å². The van der Waals surface area contributed by atoms with E-state index < -0.39 is 15.9 Å². The number of amides is 1. The molecule has 1 aromatic heterocycles. The number of benzene rings is 2. The van der Waals surface area contributed by atoms with E-state index in [0.717, 1.165) is 16.9 Å². The maximum absolute atomic E-state index is 13.1. The summed E-state index contributed by atoms with van der Waals surface area (Å²) in [5, 5.41) is 10.8. The van der Waals surface area contributed by atoms with Gasteiger partial charge in [-0.15, -0.1) is 10.2 Å². The van der Waals surface area contributed by atoms with Crippen molar-refractivity contribution in [3.8, 4) is 0 Å². The Balaban J connectivity index is 1.58. The zero-order chi connectivity index (χ0) is 19.9. The number of carbonyl (C=O) groups is 1. The van der Waals surface area contributed by atoms with Crippen molar-refractivity contribution in [2.24, 2.45) is 0 Å². The molecule has 144 valence electrons. The molecule has 1 amide bonds. The van der Waals surface area contributed by atoms with Crippen molar-refractivity contribution >= 4 is 49.7 Å². The van der Waals surface area contributed by atoms with Crippen LogP contribution in [0.25, 0.3) is 0 Å². The summed E-state index contributed by atoms with van der Waals surface area (Å²) in [6, 6.07) is 13.5. The van der Waals surface area contributed by atoms with Crippen LogP contribution in [0.3, 0.4) is 0 Å². The maximum Gasteiger partial charge on any atom is 0.293 e. The quantitative estimate of drug-likeness (QED) is 0.633. The monoisotopic (exact) mass is 434 g/mol. The van der Waals surface area contributed by atoms with Crippen molar-refractivity contribution in [3.63, 3.8) is 0 Å². The maximum atomic E-state index is 13.1. The van der Waals surface area contributed by atoms with E-state index in [-0.39, 0.29) is 15.5 Å². The molecular weight excluding hydrogens is 420 g/mol. The number of halogens is 1. The molecule has 3 aromatic rings. The van der Waals surface area contributed by atoms with Crippen molar-refractivity contribution < 1.29 is 13.2 Å². The predicted octanol–water partition coefficient (Wildman–Crippen LogP) is 3.58. The first-order chi connectivity index (χ1) is 13.4. The van der Waals surface area contributed by atoms with Crippen LogP contribution < -0.4 is 9.62 Å². The molecular formula is C18H15ClN4O3S2. The summed E-state index contributed by atoms with van der Waals surface area (Å²) >= 11 is 6.64. The van der Waals surface area contributed by atoms with Crippen LogP contribution in [-0.4, -0.2) is 30.6 Å². The van der Waals surface area contributed by atoms with E-state index in [1.165, 1.54) is 4.31 Å². The third-order valence-corrected chi connectivity index (χ3v) is 7.72. The summed E-state index contributed by atoms with van der Waals surface area (Å²) in [7, 11) is -3.88. The number of hydrogen-bond acceptors (Lipinski definition) is 6. The van der Waals surface area contributed by atoms with Crippen LogP contribution >= 0.6 is 22.9 Å². The summed E-state index contributed by atoms with van der Waals surface area (Å²) in [6.45, 7) is 1.85. The number of carbonyl (C=O) groups excluding carboxylic acids is 1. The first-order valence-corrected chi connectivity index (χ1v) is 11.0. The molecule has 0 saturated carbocycles. The molecule has 0 unspecified atom stereocenters. The van der Waals surface area contributed by atoms with Gasteiger partial charge in [-0.1, -0.05) is 41.1 Å². The van der Waals surface area contributed by atoms with Gasteiger partial charge in [0, 0.05) is 16.6 Å². The third-order valence-electron chi connectivity index (χ3n) is 4.36. The molecule has 1 aliphatic rings. The minimum absolute atomic E-state index is 0.110. The van der Waals surface area contributed by atoms with Crippen molar-refractivity contribution in [2.45, 2.75) is 23.7 Å². The minimum Gasteiger partial charge on any atom is -0.296 e. The van der Waals surface area contributed by atoms with Gasteiger partial charge in [-0.3, -0.25) is 14.4 Å². The summed E-state index contributed by atoms with van der Waals surface area (Å²) in [4.78, 5) is 12.3. The lowest BCUT2D eigenvalue weighted by molar-refractivity contribution is 0.102. The molecule has 2 aromatic carbocycles. The molecule has 0 bridgehead atoms. The molecule has 1 N–H and O–H groups in total. The second-order valence-corrected chi connectivity index (χ2v) is 9.72. The van der Waals surface area contributed by atoms with Gasteiger partial charge in [-0.2, -0.15) is 8.42 Å². The summed E-state index contributed by atoms with van der Waals surface area (Å²) in [5.41, 5.74) is 2.00. The molecule has 2 heterocycles. The number of aromatic nitrogens is 2. The molecule has 4 rings (SSSR count). The van der Waals surface area contributed by atoms with Crippen LogP contribution in [0, 0.1) is 0 Å². The molecule has 28 heavy (non-hydrogen) atoms. The highest BCUT2D eigenvalue weighted by Crippen LogP contribution is 2.37. The van der Waals surface area contributed by atoms with E-state index in [1.54, 1.807) is 36.4 Å². The topological polar surface area (TPSA) is 92.3 Å². The second-order valence-electron chi connectivity index (χ2n) is 6.32. The van der Waals surface area contributed by atoms with Crippen LogP contribution in [0.15, 0.2) is 52.9 Å². The van der Waals surface area contributed by atoms with E-state index in [2.05, 4.69) is 15.5 Å². The number of nitrogens with one attached hydrogen (secondary N) is 1. The Morgan fingerprint density at radius 2 is 1.89 bits per heavy atom. The predicted molar refractivity (Wildman–Crippen MR) is 109 cm³/mol. The highest BCUT2D eigenvalue weighted by molar-refractivity contribution is 7.94. The molecule has 0 fully saturated rings. The number of hydrogen-bond donors (Lipinski definition) is 1. The lowest BCUT2D eigenvalue weighted by Gasteiger charge is -2.22. The lowest BCUT2D eigenvalue weighted by Crippen LogP contribution is -2.35. The number of nitrogens with zero attached hydrogens (tertiary/aromatic N) is 3. The largest absolute Gasteiger partial charge is 0.296 e. The van der Waals surface area contributed by atoms with E-state index in [0.29, 0.717) is 22.7 Å². The van der Waals surface area contributed by atoms with E-state index in [1.807, 2.05) is 19.1 Å². The number of fused-ring (bicyclic) bond motifs is 1. The minimum atomic E-state index is -3.88. The molecule has 7 nitrogen and oxygen atoms in total. The Hall–Kier alpha value is -2.49. The number of para-hydroxylation sites is 1. The Morgan fingerprint density at radius 3 is 2.64 bits per heavy atom. The van der Waals surface area contributed by atoms with Gasteiger partial charge in [0.1, 0.15) is 0 Å². The summed E-state index contributed by atoms with van der Waals surface area (Å²) < 4.78 is 27.4. The average molecular weight is 435 g/mol. The molecule has 0 saturated heterocycles. The standard InChI is InChI=1S/C18H15ClN4O3S2/c1-11-10-13-4-2-3-5-15(13)23(11)28(25,26)18-22-21-17(27-18)20-16(24)12-6-8-14(19)9-7-12/h2-9,11H,10H2,1H3,(H,20,21,24)/t11-/m0/s1. The fourth-order valence-corrected chi connectivity index (χ4v) is 5.92. The highest BCUT2D eigenvalue weighted by atomic mass is 35.5. The molecule has 10 heteroatoms. The lowest BCUT2D eigenvalue weighted by atomic mass is 10.1. The average Bonchev–Trinajstić information content (AvgIpc) is 3.26. The van der Waals surface area contributed by atoms with Gasteiger partial charge in [0.05, 0.1) is 5.69 Å². The second kappa shape index (κ2) is 7.16.